The summed E-state index contributed by atoms with van der Waals surface area (Å²) >= 11 is 4.80. The van der Waals surface area contributed by atoms with Gasteiger partial charge in [0, 0.05) is 10.2 Å². The summed E-state index contributed by atoms with van der Waals surface area (Å²) in [5.74, 6) is -0.852. The molecule has 0 spiro atoms. The Morgan fingerprint density at radius 1 is 1.00 bits per heavy atom. The number of amidine groups is 1. The first-order valence-corrected chi connectivity index (χ1v) is 15.4. The van der Waals surface area contributed by atoms with Crippen molar-refractivity contribution >= 4 is 68.1 Å². The molecule has 1 aliphatic heterocycles. The van der Waals surface area contributed by atoms with E-state index >= 15 is 0 Å². The van der Waals surface area contributed by atoms with E-state index in [0.29, 0.717) is 43.0 Å². The van der Waals surface area contributed by atoms with Gasteiger partial charge in [-0.3, -0.25) is 14.5 Å². The molecule has 1 heterocycles. The number of nitrogens with zero attached hydrogens (tertiary/aromatic N) is 2. The third-order valence-electron chi connectivity index (χ3n) is 6.67. The number of carboxylic acids is 1. The molecular weight excluding hydrogens is 658 g/mol. The molecule has 0 aliphatic carbocycles. The van der Waals surface area contributed by atoms with Crippen molar-refractivity contribution in [3.8, 4) is 11.5 Å². The monoisotopic (exact) mass is 685 g/mol. The van der Waals surface area contributed by atoms with E-state index in [1.165, 1.54) is 31.0 Å². The zero-order valence-corrected chi connectivity index (χ0v) is 26.7. The van der Waals surface area contributed by atoms with Crippen LogP contribution in [0.5, 0.6) is 11.5 Å². The molecule has 1 aliphatic rings. The molecular formula is C34H28BrN3O6S. The van der Waals surface area contributed by atoms with Crippen LogP contribution >= 0.6 is 27.7 Å². The van der Waals surface area contributed by atoms with E-state index < -0.39 is 5.97 Å². The molecule has 0 bridgehead atoms. The molecule has 9 nitrogen and oxygen atoms in total. The molecule has 5 rings (SSSR count). The lowest BCUT2D eigenvalue weighted by Gasteiger charge is -2.16. The molecule has 0 saturated carbocycles. The van der Waals surface area contributed by atoms with E-state index in [4.69, 9.17) is 14.5 Å². The number of halogens is 1. The molecule has 4 aromatic rings. The summed E-state index contributed by atoms with van der Waals surface area (Å²) in [7, 11) is 1.50. The minimum absolute atomic E-state index is 0.165. The number of methoxy groups -OCH3 is 1. The lowest BCUT2D eigenvalue weighted by Crippen LogP contribution is -2.28. The number of anilines is 1. The number of para-hydroxylation sites is 1. The molecule has 0 radical (unpaired) electrons. The topological polar surface area (TPSA) is 118 Å². The van der Waals surface area contributed by atoms with Gasteiger partial charge < -0.3 is 19.9 Å². The molecule has 0 aromatic heterocycles. The number of rotatable bonds is 10. The average Bonchev–Trinajstić information content (AvgIpc) is 3.31. The van der Waals surface area contributed by atoms with Crippen LogP contribution in [-0.2, 0) is 16.1 Å². The third kappa shape index (κ3) is 8.00. The van der Waals surface area contributed by atoms with Gasteiger partial charge in [0.1, 0.15) is 0 Å². The normalized spacial score (nSPS) is 14.6. The summed E-state index contributed by atoms with van der Waals surface area (Å²) in [6.07, 6.45) is 1.74. The molecule has 228 valence electrons. The summed E-state index contributed by atoms with van der Waals surface area (Å²) in [5.41, 5.74) is 4.03. The Balaban J connectivity index is 1.37. The Hall–Kier alpha value is -4.87. The van der Waals surface area contributed by atoms with Crippen molar-refractivity contribution in [2.45, 2.75) is 13.5 Å². The molecule has 45 heavy (non-hydrogen) atoms. The van der Waals surface area contributed by atoms with E-state index in [-0.39, 0.29) is 30.5 Å². The second-order valence-electron chi connectivity index (χ2n) is 9.96. The molecule has 2 amide bonds. The van der Waals surface area contributed by atoms with Gasteiger partial charge in [-0.1, -0.05) is 64.0 Å². The highest BCUT2D eigenvalue weighted by Gasteiger charge is 2.34. The lowest BCUT2D eigenvalue weighted by atomic mass is 10.1. The van der Waals surface area contributed by atoms with Crippen LogP contribution in [0.2, 0.25) is 0 Å². The summed E-state index contributed by atoms with van der Waals surface area (Å²) < 4.78 is 12.0. The van der Waals surface area contributed by atoms with Gasteiger partial charge in [-0.2, -0.15) is 0 Å². The standard InChI is InChI=1S/C34H28BrN3O6S/c1-21-8-14-26(15-9-21)36-31(39)20-44-29-18-27(35)24(16-28(29)43-2)17-30-32(40)38(19-22-10-12-23(13-11-22)33(41)42)34(45-30)37-25-6-4-3-5-7-25/h3-18H,19-20H2,1-2H3,(H,36,39)(H,41,42)/b30-17-,37-34?. The zero-order chi connectivity index (χ0) is 31.9. The van der Waals surface area contributed by atoms with Crippen LogP contribution in [0.3, 0.4) is 0 Å². The zero-order valence-electron chi connectivity index (χ0n) is 24.3. The molecule has 0 unspecified atom stereocenters. The minimum atomic E-state index is -1.02. The van der Waals surface area contributed by atoms with Gasteiger partial charge in [0.05, 0.1) is 29.8 Å². The van der Waals surface area contributed by atoms with Crippen LogP contribution in [-0.4, -0.2) is 46.7 Å². The molecule has 0 atom stereocenters. The van der Waals surface area contributed by atoms with Crippen LogP contribution < -0.4 is 14.8 Å². The number of hydrogen-bond acceptors (Lipinski definition) is 7. The summed E-state index contributed by atoms with van der Waals surface area (Å²) in [6.45, 7) is 1.95. The highest BCUT2D eigenvalue weighted by atomic mass is 79.9. The van der Waals surface area contributed by atoms with Crippen LogP contribution in [0, 0.1) is 6.92 Å². The Morgan fingerprint density at radius 3 is 2.38 bits per heavy atom. The van der Waals surface area contributed by atoms with Crippen molar-refractivity contribution in [2.24, 2.45) is 4.99 Å². The number of ether oxygens (including phenoxy) is 2. The van der Waals surface area contributed by atoms with E-state index in [1.807, 2.05) is 61.5 Å². The predicted molar refractivity (Wildman–Crippen MR) is 179 cm³/mol. The van der Waals surface area contributed by atoms with Crippen LogP contribution in [0.25, 0.3) is 6.08 Å². The number of thioether (sulfide) groups is 1. The fourth-order valence-corrected chi connectivity index (χ4v) is 5.76. The van der Waals surface area contributed by atoms with Crippen molar-refractivity contribution in [1.29, 1.82) is 0 Å². The van der Waals surface area contributed by atoms with Gasteiger partial charge >= 0.3 is 5.97 Å². The SMILES string of the molecule is COc1cc(/C=C2\SC(=Nc3ccccc3)N(Cc3ccc(C(=O)O)cc3)C2=O)c(Br)cc1OCC(=O)Nc1ccc(C)cc1. The van der Waals surface area contributed by atoms with E-state index in [1.54, 1.807) is 35.2 Å². The number of aryl methyl sites for hydroxylation is 1. The maximum absolute atomic E-state index is 13.7. The molecule has 4 aromatic carbocycles. The average molecular weight is 687 g/mol. The molecule has 1 fully saturated rings. The van der Waals surface area contributed by atoms with Gasteiger partial charge in [0.25, 0.3) is 11.8 Å². The number of amides is 2. The lowest BCUT2D eigenvalue weighted by molar-refractivity contribution is -0.122. The quantitative estimate of drug-likeness (QED) is 0.168. The molecule has 11 heteroatoms. The van der Waals surface area contributed by atoms with Crippen molar-refractivity contribution in [1.82, 2.24) is 4.90 Å². The molecule has 1 saturated heterocycles. The van der Waals surface area contributed by atoms with Gasteiger partial charge in [-0.25, -0.2) is 9.79 Å². The first kappa shape index (κ1) is 31.6. The van der Waals surface area contributed by atoms with Crippen LogP contribution in [0.1, 0.15) is 27.0 Å². The minimum Gasteiger partial charge on any atom is -0.493 e. The second-order valence-corrected chi connectivity index (χ2v) is 11.8. The summed E-state index contributed by atoms with van der Waals surface area (Å²) in [4.78, 5) is 44.2. The highest BCUT2D eigenvalue weighted by molar-refractivity contribution is 9.10. The number of carbonyl (C=O) groups excluding carboxylic acids is 2. The van der Waals surface area contributed by atoms with Crippen molar-refractivity contribution in [2.75, 3.05) is 19.0 Å². The number of aromatic carboxylic acids is 1. The van der Waals surface area contributed by atoms with Crippen LogP contribution in [0.4, 0.5) is 11.4 Å². The van der Waals surface area contributed by atoms with Gasteiger partial charge in [-0.15, -0.1) is 0 Å². The summed E-state index contributed by atoms with van der Waals surface area (Å²) in [6, 6.07) is 26.6. The van der Waals surface area contributed by atoms with Gasteiger partial charge in [-0.05, 0) is 84.4 Å². The van der Waals surface area contributed by atoms with Gasteiger partial charge in [0.2, 0.25) is 0 Å². The number of aliphatic imine (C=N–C) groups is 1. The van der Waals surface area contributed by atoms with E-state index in [0.717, 1.165) is 11.1 Å². The smallest absolute Gasteiger partial charge is 0.335 e. The number of hydrogen-bond donors (Lipinski definition) is 2. The molecule has 2 N–H and O–H groups in total. The van der Waals surface area contributed by atoms with Crippen LogP contribution in [0.15, 0.2) is 105 Å². The maximum Gasteiger partial charge on any atom is 0.335 e. The Labute approximate surface area is 272 Å². The van der Waals surface area contributed by atoms with E-state index in [2.05, 4.69) is 21.2 Å². The number of benzene rings is 4. The third-order valence-corrected chi connectivity index (χ3v) is 8.37. The van der Waals surface area contributed by atoms with Crippen molar-refractivity contribution in [3.63, 3.8) is 0 Å². The summed E-state index contributed by atoms with van der Waals surface area (Å²) in [5, 5.41) is 12.5. The first-order valence-electron chi connectivity index (χ1n) is 13.7. The first-order chi connectivity index (χ1) is 21.7. The second kappa shape index (κ2) is 14.3. The number of nitrogens with one attached hydrogen (secondary N) is 1. The van der Waals surface area contributed by atoms with E-state index in [9.17, 15) is 19.5 Å². The fourth-order valence-electron chi connectivity index (χ4n) is 4.33. The Kier molecular flexibility index (Phi) is 10.0. The maximum atomic E-state index is 13.7. The van der Waals surface area contributed by atoms with Crippen molar-refractivity contribution in [3.05, 3.63) is 123 Å². The fraction of sp³-hybridized carbons (Fsp3) is 0.118. The van der Waals surface area contributed by atoms with Gasteiger partial charge in [0.15, 0.2) is 23.3 Å². The number of carbonyl (C=O) groups is 3. The number of carboxylic acid groups (broad SMARTS) is 1. The van der Waals surface area contributed by atoms with Crippen molar-refractivity contribution < 1.29 is 29.0 Å². The highest BCUT2D eigenvalue weighted by Crippen LogP contribution is 2.39. The Morgan fingerprint density at radius 2 is 1.71 bits per heavy atom. The largest absolute Gasteiger partial charge is 0.493 e. The Bertz CT molecular complexity index is 1790. The predicted octanol–water partition coefficient (Wildman–Crippen LogP) is 7.29.